The van der Waals surface area contributed by atoms with Crippen molar-refractivity contribution in [1.82, 2.24) is 4.57 Å². The van der Waals surface area contributed by atoms with Crippen LogP contribution in [0.15, 0.2) is 229 Å². The van der Waals surface area contributed by atoms with E-state index in [0.29, 0.717) is 6.54 Å². The molecule has 65 heavy (non-hydrogen) atoms. The van der Waals surface area contributed by atoms with Crippen LogP contribution in [0.1, 0.15) is 57.0 Å². The molecular formula is C62H45N3. The molecular weight excluding hydrogens is 787 g/mol. The molecule has 0 amide bonds. The molecule has 0 bridgehead atoms. The van der Waals surface area contributed by atoms with Gasteiger partial charge in [0.15, 0.2) is 5.84 Å². The largest absolute Gasteiger partial charge is 0.309 e. The van der Waals surface area contributed by atoms with Gasteiger partial charge in [0.05, 0.1) is 23.0 Å². The van der Waals surface area contributed by atoms with E-state index in [-0.39, 0.29) is 0 Å². The lowest BCUT2D eigenvalue weighted by molar-refractivity contribution is 0.795. The van der Waals surface area contributed by atoms with Gasteiger partial charge in [0.2, 0.25) is 0 Å². The van der Waals surface area contributed by atoms with Gasteiger partial charge in [0.25, 0.3) is 0 Å². The van der Waals surface area contributed by atoms with Crippen LogP contribution < -0.4 is 0 Å². The maximum absolute atomic E-state index is 5.31. The van der Waals surface area contributed by atoms with Crippen molar-refractivity contribution in [2.24, 2.45) is 9.98 Å². The van der Waals surface area contributed by atoms with E-state index in [2.05, 4.69) is 225 Å². The first-order valence-electron chi connectivity index (χ1n) is 22.5. The van der Waals surface area contributed by atoms with E-state index in [1.807, 2.05) is 6.07 Å². The zero-order valence-corrected chi connectivity index (χ0v) is 36.3. The second kappa shape index (κ2) is 15.3. The summed E-state index contributed by atoms with van der Waals surface area (Å²) in [5, 5.41) is 2.52. The number of fused-ring (bicyclic) bond motifs is 16. The number of hydrogen-bond donors (Lipinski definition) is 0. The Morgan fingerprint density at radius 3 is 1.83 bits per heavy atom. The van der Waals surface area contributed by atoms with Crippen molar-refractivity contribution in [3.8, 4) is 39.1 Å². The summed E-state index contributed by atoms with van der Waals surface area (Å²) in [6.07, 6.45) is 0.870. The maximum atomic E-state index is 5.31. The molecule has 1 heterocycles. The number of rotatable bonds is 5. The molecule has 308 valence electrons. The first-order chi connectivity index (χ1) is 32.2. The highest BCUT2D eigenvalue weighted by Crippen LogP contribution is 2.63. The molecule has 0 unspecified atom stereocenters. The standard InChI is InChI=1S/C60H41N3.C2H4/c1-38(40-19-6-3-7-20-40)62-59(61-37-39-17-4-2-5-18-39)48-26-16-21-42-33-41-31-32-43(34-49(41)58(42)48)63-56-30-15-11-25-47(56)51-35-55-50(36-57(51)63)46-24-10-14-29-54(46)60(55)52-27-12-8-22-44(52)45-23-9-13-28-53(45)60;1-2/h2-32,34-36H,33,37H2,1H3;1-2H2. The normalized spacial score (nSPS) is 13.7. The summed E-state index contributed by atoms with van der Waals surface area (Å²) in [5.41, 5.74) is 23.2. The molecule has 0 aliphatic heterocycles. The lowest BCUT2D eigenvalue weighted by Crippen LogP contribution is -2.25. The van der Waals surface area contributed by atoms with E-state index >= 15 is 0 Å². The molecule has 0 saturated heterocycles. The van der Waals surface area contributed by atoms with Gasteiger partial charge >= 0.3 is 0 Å². The predicted molar refractivity (Wildman–Crippen MR) is 272 cm³/mol. The van der Waals surface area contributed by atoms with Gasteiger partial charge in [-0.15, -0.1) is 13.2 Å². The van der Waals surface area contributed by atoms with E-state index in [1.54, 1.807) is 0 Å². The fraction of sp³-hybridized carbons (Fsp3) is 0.0645. The fourth-order valence-electron chi connectivity index (χ4n) is 11.2. The minimum atomic E-state index is -0.398. The lowest BCUT2D eigenvalue weighted by Gasteiger charge is -2.30. The van der Waals surface area contributed by atoms with Gasteiger partial charge in [-0.1, -0.05) is 176 Å². The van der Waals surface area contributed by atoms with Crippen LogP contribution in [0.5, 0.6) is 0 Å². The Kier molecular flexibility index (Phi) is 9.06. The van der Waals surface area contributed by atoms with Crippen LogP contribution in [0.25, 0.3) is 60.9 Å². The fourth-order valence-corrected chi connectivity index (χ4v) is 11.2. The highest BCUT2D eigenvalue weighted by molar-refractivity contribution is 6.15. The molecule has 10 aromatic rings. The third kappa shape index (κ3) is 5.75. The van der Waals surface area contributed by atoms with Gasteiger partial charge in [-0.3, -0.25) is 4.99 Å². The maximum Gasteiger partial charge on any atom is 0.155 e. The molecule has 0 N–H and O–H groups in total. The summed E-state index contributed by atoms with van der Waals surface area (Å²) in [6.45, 7) is 8.64. The quantitative estimate of drug-likeness (QED) is 0.0939. The Morgan fingerprint density at radius 1 is 0.508 bits per heavy atom. The van der Waals surface area contributed by atoms with Gasteiger partial charge in [-0.05, 0) is 122 Å². The molecule has 1 aromatic heterocycles. The number of nitrogens with zero attached hydrogens (tertiary/aromatic N) is 3. The molecule has 3 aliphatic carbocycles. The third-order valence-corrected chi connectivity index (χ3v) is 13.9. The van der Waals surface area contributed by atoms with Crippen LogP contribution in [0, 0.1) is 0 Å². The van der Waals surface area contributed by atoms with Crippen LogP contribution in [-0.2, 0) is 18.4 Å². The van der Waals surface area contributed by atoms with E-state index < -0.39 is 5.41 Å². The van der Waals surface area contributed by atoms with Crippen LogP contribution in [0.4, 0.5) is 0 Å². The topological polar surface area (TPSA) is 29.6 Å². The molecule has 3 heteroatoms. The summed E-state index contributed by atoms with van der Waals surface area (Å²) < 4.78 is 2.50. The number of aliphatic imine (C=N–C) groups is 2. The molecule has 0 saturated carbocycles. The van der Waals surface area contributed by atoms with Gasteiger partial charge < -0.3 is 4.57 Å². The van der Waals surface area contributed by atoms with Gasteiger partial charge in [-0.2, -0.15) is 0 Å². The summed E-state index contributed by atoms with van der Waals surface area (Å²) in [5.74, 6) is 0.755. The first kappa shape index (κ1) is 38.5. The molecule has 3 nitrogen and oxygen atoms in total. The Hall–Kier alpha value is -8.14. The molecule has 1 spiro atoms. The lowest BCUT2D eigenvalue weighted by atomic mass is 9.70. The van der Waals surface area contributed by atoms with Crippen molar-refractivity contribution in [3.05, 3.63) is 269 Å². The highest BCUT2D eigenvalue weighted by Gasteiger charge is 2.51. The zero-order chi connectivity index (χ0) is 43.6. The number of para-hydroxylation sites is 1. The Bertz CT molecular complexity index is 3540. The van der Waals surface area contributed by atoms with Crippen molar-refractivity contribution in [2.45, 2.75) is 25.3 Å². The van der Waals surface area contributed by atoms with Crippen molar-refractivity contribution < 1.29 is 0 Å². The van der Waals surface area contributed by atoms with Crippen LogP contribution >= 0.6 is 0 Å². The minimum absolute atomic E-state index is 0.398. The van der Waals surface area contributed by atoms with Crippen molar-refractivity contribution >= 4 is 33.4 Å². The average Bonchev–Trinajstić information content (AvgIpc) is 4.09. The SMILES string of the molecule is C=C.CC(=NC(=NCc1ccccc1)c1cccc2c1-c1cc(-n3c4ccccc4c4cc5c(cc43)-c3ccccc3C53c4ccccc4-c4ccccc43)ccc1C2)c1ccccc1. The van der Waals surface area contributed by atoms with Gasteiger partial charge in [0, 0.05) is 27.7 Å². The smallest absolute Gasteiger partial charge is 0.155 e. The average molecular weight is 832 g/mol. The van der Waals surface area contributed by atoms with Crippen molar-refractivity contribution in [3.63, 3.8) is 0 Å². The molecule has 3 aliphatic rings. The second-order valence-electron chi connectivity index (χ2n) is 17.2. The van der Waals surface area contributed by atoms with E-state index in [1.165, 1.54) is 88.6 Å². The van der Waals surface area contributed by atoms with E-state index in [0.717, 1.165) is 40.3 Å². The summed E-state index contributed by atoms with van der Waals surface area (Å²) in [7, 11) is 0. The van der Waals surface area contributed by atoms with E-state index in [4.69, 9.17) is 9.98 Å². The summed E-state index contributed by atoms with van der Waals surface area (Å²) in [6, 6.07) is 75.9. The Labute approximate surface area is 380 Å². The summed E-state index contributed by atoms with van der Waals surface area (Å²) in [4.78, 5) is 10.6. The van der Waals surface area contributed by atoms with Crippen molar-refractivity contribution in [1.29, 1.82) is 0 Å². The van der Waals surface area contributed by atoms with Crippen LogP contribution in [0.3, 0.4) is 0 Å². The first-order valence-corrected chi connectivity index (χ1v) is 22.5. The number of benzene rings is 9. The number of aromatic nitrogens is 1. The van der Waals surface area contributed by atoms with E-state index in [9.17, 15) is 0 Å². The van der Waals surface area contributed by atoms with Crippen LogP contribution in [-0.4, -0.2) is 16.1 Å². The number of amidine groups is 1. The van der Waals surface area contributed by atoms with Gasteiger partial charge in [0.1, 0.15) is 0 Å². The zero-order valence-electron chi connectivity index (χ0n) is 36.3. The molecule has 0 atom stereocenters. The second-order valence-corrected chi connectivity index (χ2v) is 17.2. The minimum Gasteiger partial charge on any atom is -0.309 e. The molecule has 13 rings (SSSR count). The third-order valence-electron chi connectivity index (χ3n) is 13.9. The molecule has 0 radical (unpaired) electrons. The Morgan fingerprint density at radius 2 is 1.12 bits per heavy atom. The highest BCUT2D eigenvalue weighted by atomic mass is 15.0. The van der Waals surface area contributed by atoms with Crippen LogP contribution in [0.2, 0.25) is 0 Å². The number of hydrogen-bond acceptors (Lipinski definition) is 1. The Balaban J connectivity index is 0.00000219. The monoisotopic (exact) mass is 831 g/mol. The van der Waals surface area contributed by atoms with Crippen molar-refractivity contribution in [2.75, 3.05) is 0 Å². The molecule has 0 fully saturated rings. The summed E-state index contributed by atoms with van der Waals surface area (Å²) >= 11 is 0. The predicted octanol–water partition coefficient (Wildman–Crippen LogP) is 15.0. The van der Waals surface area contributed by atoms with Gasteiger partial charge in [-0.25, -0.2) is 4.99 Å². The molecule has 9 aromatic carbocycles.